The first kappa shape index (κ1) is 17.4. The Balaban J connectivity index is 1.56. The minimum Gasteiger partial charge on any atom is -0.393 e. The topological polar surface area (TPSA) is 73.8 Å². The molecule has 0 aliphatic heterocycles. The van der Waals surface area contributed by atoms with Crippen molar-refractivity contribution in [3.05, 3.63) is 46.0 Å². The molecule has 3 atom stereocenters. The number of H-pyrrole nitrogens is 1. The Morgan fingerprint density at radius 1 is 1.38 bits per heavy atom. The van der Waals surface area contributed by atoms with Gasteiger partial charge in [-0.1, -0.05) is 30.7 Å². The van der Waals surface area contributed by atoms with E-state index in [0.717, 1.165) is 54.6 Å². The van der Waals surface area contributed by atoms with Crippen molar-refractivity contribution >= 4 is 11.6 Å². The summed E-state index contributed by atoms with van der Waals surface area (Å²) in [5.41, 5.74) is 2.44. The van der Waals surface area contributed by atoms with Gasteiger partial charge in [-0.3, -0.25) is 5.10 Å². The van der Waals surface area contributed by atoms with Gasteiger partial charge in [-0.15, -0.1) is 0 Å². The summed E-state index contributed by atoms with van der Waals surface area (Å²) in [7, 11) is 0. The quantitative estimate of drug-likeness (QED) is 0.750. The molecule has 2 aromatic rings. The number of aromatic amines is 1. The summed E-state index contributed by atoms with van der Waals surface area (Å²) in [5.74, 6) is 2.12. The number of benzene rings is 1. The maximum absolute atomic E-state index is 10.3. The number of aliphatic hydroxyl groups excluding tert-OH is 1. The zero-order chi connectivity index (χ0) is 17.1. The Labute approximate surface area is 147 Å². The second-order valence-corrected chi connectivity index (χ2v) is 7.04. The summed E-state index contributed by atoms with van der Waals surface area (Å²) >= 11 is 6.33. The maximum Gasteiger partial charge on any atom is 0.153 e. The first-order chi connectivity index (χ1) is 11.6. The molecule has 1 heterocycles. The van der Waals surface area contributed by atoms with Crippen LogP contribution in [0.15, 0.2) is 18.2 Å². The van der Waals surface area contributed by atoms with Crippen LogP contribution in [-0.2, 0) is 13.0 Å². The zero-order valence-electron chi connectivity index (χ0n) is 14.2. The van der Waals surface area contributed by atoms with Gasteiger partial charge in [-0.25, -0.2) is 4.98 Å². The second-order valence-electron chi connectivity index (χ2n) is 6.64. The highest BCUT2D eigenvalue weighted by Gasteiger charge is 2.35. The van der Waals surface area contributed by atoms with E-state index in [9.17, 15) is 5.11 Å². The van der Waals surface area contributed by atoms with Gasteiger partial charge in [-0.2, -0.15) is 5.10 Å². The minimum absolute atomic E-state index is 0.223. The Hall–Kier alpha value is -1.43. The summed E-state index contributed by atoms with van der Waals surface area (Å²) in [5, 5.41) is 21.8. The molecule has 130 valence electrons. The predicted octanol–water partition coefficient (Wildman–Crippen LogP) is 2.97. The SMILES string of the molecule is CCc1cccc(Cl)c1CNC[C@H]1CC(c2n[nH]c(C)n2)C[C@H]1O. The largest absolute Gasteiger partial charge is 0.393 e. The van der Waals surface area contributed by atoms with E-state index in [1.165, 1.54) is 5.56 Å². The zero-order valence-corrected chi connectivity index (χ0v) is 15.0. The van der Waals surface area contributed by atoms with Gasteiger partial charge in [0.15, 0.2) is 5.82 Å². The lowest BCUT2D eigenvalue weighted by Crippen LogP contribution is -2.27. The molecule has 0 radical (unpaired) electrons. The molecule has 0 saturated heterocycles. The van der Waals surface area contributed by atoms with Crippen molar-refractivity contribution < 1.29 is 5.11 Å². The number of aromatic nitrogens is 3. The molecule has 1 aromatic carbocycles. The molecule has 3 rings (SSSR count). The highest BCUT2D eigenvalue weighted by Crippen LogP contribution is 2.36. The van der Waals surface area contributed by atoms with Crippen LogP contribution < -0.4 is 5.32 Å². The molecule has 1 unspecified atom stereocenters. The standard InChI is InChI=1S/C18H25ClN4O/c1-3-12-5-4-6-16(19)15(12)10-20-9-14-7-13(8-17(14)24)18-21-11(2)22-23-18/h4-6,13-14,17,20,24H,3,7-10H2,1-2H3,(H,21,22,23)/t13?,14-,17-/m1/s1. The van der Waals surface area contributed by atoms with E-state index < -0.39 is 0 Å². The Morgan fingerprint density at radius 3 is 2.92 bits per heavy atom. The van der Waals surface area contributed by atoms with Gasteiger partial charge in [0.2, 0.25) is 0 Å². The van der Waals surface area contributed by atoms with Crippen molar-refractivity contribution in [2.45, 2.75) is 51.7 Å². The fourth-order valence-electron chi connectivity index (χ4n) is 3.59. The number of nitrogens with zero attached hydrogens (tertiary/aromatic N) is 2. The second kappa shape index (κ2) is 7.64. The monoisotopic (exact) mass is 348 g/mol. The van der Waals surface area contributed by atoms with Crippen molar-refractivity contribution in [2.24, 2.45) is 5.92 Å². The van der Waals surface area contributed by atoms with Crippen molar-refractivity contribution in [2.75, 3.05) is 6.54 Å². The number of halogens is 1. The van der Waals surface area contributed by atoms with E-state index in [4.69, 9.17) is 11.6 Å². The van der Waals surface area contributed by atoms with Gasteiger partial charge in [-0.05, 0) is 49.3 Å². The summed E-state index contributed by atoms with van der Waals surface area (Å²) in [4.78, 5) is 4.41. The minimum atomic E-state index is -0.307. The van der Waals surface area contributed by atoms with E-state index in [2.05, 4.69) is 33.5 Å². The Kier molecular flexibility index (Phi) is 5.54. The van der Waals surface area contributed by atoms with Crippen molar-refractivity contribution in [1.29, 1.82) is 0 Å². The third-order valence-electron chi connectivity index (χ3n) is 4.94. The van der Waals surface area contributed by atoms with E-state index >= 15 is 0 Å². The lowest BCUT2D eigenvalue weighted by Gasteiger charge is -2.16. The van der Waals surface area contributed by atoms with Crippen molar-refractivity contribution in [3.63, 3.8) is 0 Å². The fraction of sp³-hybridized carbons (Fsp3) is 0.556. The molecule has 1 fully saturated rings. The fourth-order valence-corrected chi connectivity index (χ4v) is 3.85. The molecule has 1 aliphatic rings. The van der Waals surface area contributed by atoms with Crippen LogP contribution in [0.5, 0.6) is 0 Å². The maximum atomic E-state index is 10.3. The number of aliphatic hydroxyl groups is 1. The molecule has 0 bridgehead atoms. The molecule has 1 saturated carbocycles. The van der Waals surface area contributed by atoms with Gasteiger partial charge in [0, 0.05) is 24.0 Å². The average molecular weight is 349 g/mol. The van der Waals surface area contributed by atoms with E-state index in [-0.39, 0.29) is 17.9 Å². The molecular weight excluding hydrogens is 324 g/mol. The number of hydrogen-bond donors (Lipinski definition) is 3. The first-order valence-corrected chi connectivity index (χ1v) is 9.00. The predicted molar refractivity (Wildman–Crippen MR) is 95.1 cm³/mol. The summed E-state index contributed by atoms with van der Waals surface area (Å²) in [6.45, 7) is 5.54. The summed E-state index contributed by atoms with van der Waals surface area (Å²) in [6, 6.07) is 6.05. The molecule has 0 spiro atoms. The molecule has 5 nitrogen and oxygen atoms in total. The molecular formula is C18H25ClN4O. The molecule has 1 aromatic heterocycles. The smallest absolute Gasteiger partial charge is 0.153 e. The Bertz CT molecular complexity index is 687. The number of rotatable bonds is 6. The molecule has 24 heavy (non-hydrogen) atoms. The van der Waals surface area contributed by atoms with Crippen LogP contribution >= 0.6 is 11.6 Å². The van der Waals surface area contributed by atoms with Crippen molar-refractivity contribution in [1.82, 2.24) is 20.5 Å². The third-order valence-corrected chi connectivity index (χ3v) is 5.30. The van der Waals surface area contributed by atoms with Gasteiger partial charge in [0.05, 0.1) is 6.10 Å². The lowest BCUT2D eigenvalue weighted by molar-refractivity contribution is 0.131. The normalized spacial score (nSPS) is 23.8. The summed E-state index contributed by atoms with van der Waals surface area (Å²) < 4.78 is 0. The van der Waals surface area contributed by atoms with Crippen LogP contribution in [0.3, 0.4) is 0 Å². The molecule has 6 heteroatoms. The molecule has 1 aliphatic carbocycles. The van der Waals surface area contributed by atoms with Gasteiger partial charge in [0.1, 0.15) is 5.82 Å². The van der Waals surface area contributed by atoms with Crippen LogP contribution in [0.4, 0.5) is 0 Å². The third kappa shape index (κ3) is 3.79. The van der Waals surface area contributed by atoms with E-state index in [1.807, 2.05) is 19.1 Å². The number of hydrogen-bond acceptors (Lipinski definition) is 4. The molecule has 0 amide bonds. The summed E-state index contributed by atoms with van der Waals surface area (Å²) in [6.07, 6.45) is 2.30. The van der Waals surface area contributed by atoms with Crippen LogP contribution in [0, 0.1) is 12.8 Å². The van der Waals surface area contributed by atoms with Crippen LogP contribution in [0.25, 0.3) is 0 Å². The van der Waals surface area contributed by atoms with Crippen LogP contribution in [-0.4, -0.2) is 32.9 Å². The first-order valence-electron chi connectivity index (χ1n) is 8.62. The van der Waals surface area contributed by atoms with Gasteiger partial charge >= 0.3 is 0 Å². The van der Waals surface area contributed by atoms with Gasteiger partial charge in [0.25, 0.3) is 0 Å². The van der Waals surface area contributed by atoms with Crippen LogP contribution in [0.1, 0.15) is 48.5 Å². The number of nitrogens with one attached hydrogen (secondary N) is 2. The average Bonchev–Trinajstić information content (AvgIpc) is 3.15. The van der Waals surface area contributed by atoms with Gasteiger partial charge < -0.3 is 10.4 Å². The Morgan fingerprint density at radius 2 is 2.21 bits per heavy atom. The molecule has 3 N–H and O–H groups in total. The highest BCUT2D eigenvalue weighted by atomic mass is 35.5. The van der Waals surface area contributed by atoms with E-state index in [0.29, 0.717) is 0 Å². The highest BCUT2D eigenvalue weighted by molar-refractivity contribution is 6.31. The number of aryl methyl sites for hydroxylation is 2. The van der Waals surface area contributed by atoms with Crippen LogP contribution in [0.2, 0.25) is 5.02 Å². The lowest BCUT2D eigenvalue weighted by atomic mass is 10.0. The van der Waals surface area contributed by atoms with E-state index in [1.54, 1.807) is 0 Å². The van der Waals surface area contributed by atoms with Crippen molar-refractivity contribution in [3.8, 4) is 0 Å².